The normalized spacial score (nSPS) is 18.6. The first-order valence-electron chi connectivity index (χ1n) is 8.87. The van der Waals surface area contributed by atoms with Gasteiger partial charge in [0.2, 0.25) is 10.0 Å². The van der Waals surface area contributed by atoms with E-state index >= 15 is 0 Å². The fraction of sp³-hybridized carbons (Fsp3) is 0.389. The molecule has 1 fully saturated rings. The third-order valence-electron chi connectivity index (χ3n) is 4.81. The van der Waals surface area contributed by atoms with Gasteiger partial charge in [0, 0.05) is 6.54 Å². The van der Waals surface area contributed by atoms with Gasteiger partial charge >= 0.3 is 0 Å². The number of carbonyl (C=O) groups excluding carboxylic acids is 1. The molecular weight excluding hydrogens is 370 g/mol. The zero-order chi connectivity index (χ0) is 18.9. The topological polar surface area (TPSA) is 101 Å². The highest BCUT2D eigenvalue weighted by atomic mass is 32.2. The van der Waals surface area contributed by atoms with Crippen LogP contribution in [-0.2, 0) is 14.8 Å². The van der Waals surface area contributed by atoms with E-state index < -0.39 is 10.0 Å². The Kier molecular flexibility index (Phi) is 4.90. The van der Waals surface area contributed by atoms with E-state index in [0.29, 0.717) is 11.4 Å². The zero-order valence-corrected chi connectivity index (χ0v) is 15.5. The van der Waals surface area contributed by atoms with Gasteiger partial charge in [-0.15, -0.1) is 0 Å². The smallest absolute Gasteiger partial charge is 0.262 e. The molecule has 2 N–H and O–H groups in total. The Morgan fingerprint density at radius 1 is 1.22 bits per heavy atom. The van der Waals surface area contributed by atoms with Gasteiger partial charge in [-0.05, 0) is 56.3 Å². The number of ether oxygens (including phenoxy) is 1. The predicted octanol–water partition coefficient (Wildman–Crippen LogP) is 1.73. The quantitative estimate of drug-likeness (QED) is 0.778. The molecule has 1 amide bonds. The second-order valence-electron chi connectivity index (χ2n) is 6.62. The van der Waals surface area contributed by atoms with Crippen LogP contribution in [0.1, 0.15) is 24.6 Å². The summed E-state index contributed by atoms with van der Waals surface area (Å²) >= 11 is 0. The first-order valence-corrected chi connectivity index (χ1v) is 10.3. The molecule has 2 aromatic rings. The number of nitrogens with one attached hydrogen (secondary N) is 2. The van der Waals surface area contributed by atoms with Gasteiger partial charge in [-0.2, -0.15) is 0 Å². The fourth-order valence-electron chi connectivity index (χ4n) is 3.45. The van der Waals surface area contributed by atoms with Crippen LogP contribution in [0.5, 0.6) is 5.75 Å². The average Bonchev–Trinajstić information content (AvgIpc) is 3.35. The number of amides is 1. The summed E-state index contributed by atoms with van der Waals surface area (Å²) < 4.78 is 39.0. The largest absolute Gasteiger partial charge is 0.482 e. The summed E-state index contributed by atoms with van der Waals surface area (Å²) in [5, 5.41) is 2.62. The first kappa shape index (κ1) is 18.0. The molecule has 1 aromatic carbocycles. The Morgan fingerprint density at radius 3 is 2.78 bits per heavy atom. The van der Waals surface area contributed by atoms with Gasteiger partial charge in [-0.25, -0.2) is 13.1 Å². The summed E-state index contributed by atoms with van der Waals surface area (Å²) in [7, 11) is -3.75. The van der Waals surface area contributed by atoms with Gasteiger partial charge in [-0.1, -0.05) is 0 Å². The van der Waals surface area contributed by atoms with Crippen LogP contribution in [0.3, 0.4) is 0 Å². The number of hydrogen-bond acceptors (Lipinski definition) is 6. The molecule has 9 heteroatoms. The lowest BCUT2D eigenvalue weighted by Crippen LogP contribution is -2.36. The summed E-state index contributed by atoms with van der Waals surface area (Å²) in [6.07, 6.45) is 3.78. The number of sulfonamides is 1. The van der Waals surface area contributed by atoms with Crippen LogP contribution in [0.2, 0.25) is 0 Å². The maximum Gasteiger partial charge on any atom is 0.262 e. The van der Waals surface area contributed by atoms with Crippen molar-refractivity contribution in [1.82, 2.24) is 9.62 Å². The van der Waals surface area contributed by atoms with Gasteiger partial charge in [0.1, 0.15) is 11.5 Å². The van der Waals surface area contributed by atoms with Crippen molar-refractivity contribution in [2.75, 3.05) is 31.6 Å². The highest BCUT2D eigenvalue weighted by Crippen LogP contribution is 2.30. The van der Waals surface area contributed by atoms with Crippen molar-refractivity contribution in [3.63, 3.8) is 0 Å². The summed E-state index contributed by atoms with van der Waals surface area (Å²) in [6.45, 7) is 1.96. The molecule has 8 nitrogen and oxygen atoms in total. The predicted molar refractivity (Wildman–Crippen MR) is 98.0 cm³/mol. The van der Waals surface area contributed by atoms with Crippen LogP contribution in [0.4, 0.5) is 5.69 Å². The lowest BCUT2D eigenvalue weighted by molar-refractivity contribution is -0.118. The number of rotatable bonds is 6. The average molecular weight is 391 g/mol. The molecule has 4 rings (SSSR count). The lowest BCUT2D eigenvalue weighted by atomic mass is 10.2. The summed E-state index contributed by atoms with van der Waals surface area (Å²) in [5.74, 6) is 0.890. The molecule has 1 saturated heterocycles. The molecule has 1 aromatic heterocycles. The van der Waals surface area contributed by atoms with Crippen molar-refractivity contribution in [2.24, 2.45) is 0 Å². The van der Waals surface area contributed by atoms with E-state index in [1.54, 1.807) is 18.4 Å². The third kappa shape index (κ3) is 3.85. The number of nitrogens with zero attached hydrogens (tertiary/aromatic N) is 1. The number of furan rings is 1. The molecule has 2 aliphatic rings. The highest BCUT2D eigenvalue weighted by Gasteiger charge is 2.28. The molecule has 0 radical (unpaired) electrons. The Balaban J connectivity index is 1.52. The Hall–Kier alpha value is -2.36. The standard InChI is InChI=1S/C18H21N3O5S/c22-18-12-26-16-6-5-13(10-14(16)20-18)27(23,24)19-11-15(17-4-3-9-25-17)21-7-1-2-8-21/h3-6,9-10,15,19H,1-2,7-8,11-12H2,(H,20,22). The summed E-state index contributed by atoms with van der Waals surface area (Å²) in [4.78, 5) is 13.8. The van der Waals surface area contributed by atoms with Gasteiger partial charge in [-0.3, -0.25) is 9.69 Å². The molecule has 144 valence electrons. The molecule has 3 heterocycles. The van der Waals surface area contributed by atoms with Gasteiger partial charge in [0.15, 0.2) is 6.61 Å². The number of likely N-dealkylation sites (tertiary alicyclic amines) is 1. The Morgan fingerprint density at radius 2 is 2.04 bits per heavy atom. The monoisotopic (exact) mass is 391 g/mol. The van der Waals surface area contributed by atoms with Crippen molar-refractivity contribution in [1.29, 1.82) is 0 Å². The van der Waals surface area contributed by atoms with Crippen molar-refractivity contribution in [3.8, 4) is 5.75 Å². The van der Waals surface area contributed by atoms with Gasteiger partial charge in [0.25, 0.3) is 5.91 Å². The molecule has 1 unspecified atom stereocenters. The second kappa shape index (κ2) is 7.34. The minimum absolute atomic E-state index is 0.0714. The van der Waals surface area contributed by atoms with Crippen molar-refractivity contribution in [2.45, 2.75) is 23.8 Å². The van der Waals surface area contributed by atoms with Crippen molar-refractivity contribution < 1.29 is 22.4 Å². The number of hydrogen-bond donors (Lipinski definition) is 2. The maximum atomic E-state index is 12.8. The van der Waals surface area contributed by atoms with Crippen LogP contribution in [0.25, 0.3) is 0 Å². The highest BCUT2D eigenvalue weighted by molar-refractivity contribution is 7.89. The van der Waals surface area contributed by atoms with E-state index in [1.807, 2.05) is 6.07 Å². The zero-order valence-electron chi connectivity index (χ0n) is 14.7. The van der Waals surface area contributed by atoms with E-state index in [2.05, 4.69) is 14.9 Å². The van der Waals surface area contributed by atoms with Crippen LogP contribution < -0.4 is 14.8 Å². The lowest BCUT2D eigenvalue weighted by Gasteiger charge is -2.26. The number of carbonyl (C=O) groups is 1. The van der Waals surface area contributed by atoms with Crippen LogP contribution in [0, 0.1) is 0 Å². The van der Waals surface area contributed by atoms with E-state index in [1.165, 1.54) is 12.1 Å². The molecule has 0 aliphatic carbocycles. The number of anilines is 1. The van der Waals surface area contributed by atoms with E-state index in [9.17, 15) is 13.2 Å². The van der Waals surface area contributed by atoms with Gasteiger partial charge in [0.05, 0.1) is 22.9 Å². The molecule has 27 heavy (non-hydrogen) atoms. The molecule has 0 saturated carbocycles. The number of fused-ring (bicyclic) bond motifs is 1. The van der Waals surface area contributed by atoms with E-state index in [4.69, 9.17) is 9.15 Å². The van der Waals surface area contributed by atoms with Gasteiger partial charge < -0.3 is 14.5 Å². The summed E-state index contributed by atoms with van der Waals surface area (Å²) in [5.41, 5.74) is 0.358. The third-order valence-corrected chi connectivity index (χ3v) is 6.24. The molecule has 0 spiro atoms. The fourth-order valence-corrected chi connectivity index (χ4v) is 4.51. The van der Waals surface area contributed by atoms with E-state index in [-0.39, 0.29) is 30.0 Å². The molecular formula is C18H21N3O5S. The van der Waals surface area contributed by atoms with Crippen LogP contribution >= 0.6 is 0 Å². The van der Waals surface area contributed by atoms with Crippen LogP contribution in [0.15, 0.2) is 45.9 Å². The minimum Gasteiger partial charge on any atom is -0.482 e. The van der Waals surface area contributed by atoms with E-state index in [0.717, 1.165) is 31.7 Å². The van der Waals surface area contributed by atoms with Crippen LogP contribution in [-0.4, -0.2) is 45.5 Å². The molecule has 1 atom stereocenters. The Labute approximate surface area is 157 Å². The SMILES string of the molecule is O=C1COc2ccc(S(=O)(=O)NCC(c3ccco3)N3CCCC3)cc2N1. The molecule has 2 aliphatic heterocycles. The number of benzene rings is 1. The second-order valence-corrected chi connectivity index (χ2v) is 8.39. The molecule has 0 bridgehead atoms. The van der Waals surface area contributed by atoms with Crippen molar-refractivity contribution in [3.05, 3.63) is 42.4 Å². The summed E-state index contributed by atoms with van der Waals surface area (Å²) in [6, 6.07) is 7.94. The van der Waals surface area contributed by atoms with Crippen molar-refractivity contribution >= 4 is 21.6 Å². The Bertz CT molecular complexity index is 920. The maximum absolute atomic E-state index is 12.8. The first-order chi connectivity index (χ1) is 13.0. The minimum atomic E-state index is -3.75.